The van der Waals surface area contributed by atoms with Crippen LogP contribution in [0.2, 0.25) is 0 Å². The Morgan fingerprint density at radius 3 is 2.70 bits per heavy atom. The van der Waals surface area contributed by atoms with Crippen molar-refractivity contribution in [1.82, 2.24) is 4.98 Å². The maximum absolute atomic E-state index is 12.3. The molecule has 1 N–H and O–H groups in total. The first-order valence-corrected chi connectivity index (χ1v) is 6.79. The van der Waals surface area contributed by atoms with E-state index in [1.165, 1.54) is 18.3 Å². The summed E-state index contributed by atoms with van der Waals surface area (Å²) in [4.78, 5) is 16.0. The minimum Gasteiger partial charge on any atom is -0.467 e. The SMILES string of the molecule is Cc1ccc(C)c(NC(=O)c2cccnc2OCC(F)(F)F)c1. The van der Waals surface area contributed by atoms with Gasteiger partial charge in [0.15, 0.2) is 6.61 Å². The van der Waals surface area contributed by atoms with Crippen molar-refractivity contribution in [3.63, 3.8) is 0 Å². The lowest BCUT2D eigenvalue weighted by molar-refractivity contribution is -0.154. The average Bonchev–Trinajstić information content (AvgIpc) is 2.48. The van der Waals surface area contributed by atoms with E-state index in [9.17, 15) is 18.0 Å². The monoisotopic (exact) mass is 324 g/mol. The lowest BCUT2D eigenvalue weighted by atomic mass is 10.1. The first kappa shape index (κ1) is 16.8. The number of carbonyl (C=O) groups is 1. The van der Waals surface area contributed by atoms with Crippen LogP contribution in [0.25, 0.3) is 0 Å². The number of alkyl halides is 3. The van der Waals surface area contributed by atoms with Crippen molar-refractivity contribution in [3.05, 3.63) is 53.2 Å². The van der Waals surface area contributed by atoms with Crippen LogP contribution in [0.15, 0.2) is 36.5 Å². The summed E-state index contributed by atoms with van der Waals surface area (Å²) in [6.07, 6.45) is -3.24. The highest BCUT2D eigenvalue weighted by molar-refractivity contribution is 6.06. The van der Waals surface area contributed by atoms with Crippen LogP contribution in [-0.4, -0.2) is 23.7 Å². The summed E-state index contributed by atoms with van der Waals surface area (Å²) in [6.45, 7) is 2.18. The normalized spacial score (nSPS) is 11.2. The standard InChI is InChI=1S/C16H15F3N2O2/c1-10-5-6-11(2)13(8-10)21-14(22)12-4-3-7-20-15(12)23-9-16(17,18)19/h3-8H,9H2,1-2H3,(H,21,22). The smallest absolute Gasteiger partial charge is 0.422 e. The van der Waals surface area contributed by atoms with Gasteiger partial charge in [-0.25, -0.2) is 4.98 Å². The Labute approximate surface area is 131 Å². The number of anilines is 1. The van der Waals surface area contributed by atoms with Crippen molar-refractivity contribution in [2.75, 3.05) is 11.9 Å². The number of nitrogens with zero attached hydrogens (tertiary/aromatic N) is 1. The van der Waals surface area contributed by atoms with Gasteiger partial charge in [-0.1, -0.05) is 12.1 Å². The molecule has 23 heavy (non-hydrogen) atoms. The Morgan fingerprint density at radius 2 is 2.00 bits per heavy atom. The Hall–Kier alpha value is -2.57. The first-order valence-electron chi connectivity index (χ1n) is 6.79. The number of aryl methyl sites for hydroxylation is 2. The van der Waals surface area contributed by atoms with Crippen LogP contribution >= 0.6 is 0 Å². The molecule has 0 aliphatic rings. The lowest BCUT2D eigenvalue weighted by Gasteiger charge is -2.13. The molecule has 0 unspecified atom stereocenters. The van der Waals surface area contributed by atoms with Gasteiger partial charge in [0, 0.05) is 11.9 Å². The molecular formula is C16H15F3N2O2. The second-order valence-electron chi connectivity index (χ2n) is 5.03. The number of hydrogen-bond acceptors (Lipinski definition) is 3. The Kier molecular flexibility index (Phi) is 4.88. The molecule has 0 atom stereocenters. The zero-order valence-corrected chi connectivity index (χ0v) is 12.6. The van der Waals surface area contributed by atoms with E-state index >= 15 is 0 Å². The number of ether oxygens (including phenoxy) is 1. The minimum atomic E-state index is -4.50. The van der Waals surface area contributed by atoms with Gasteiger partial charge in [-0.2, -0.15) is 13.2 Å². The van der Waals surface area contributed by atoms with Crippen LogP contribution in [0.1, 0.15) is 21.5 Å². The summed E-state index contributed by atoms with van der Waals surface area (Å²) in [5.74, 6) is -0.934. The number of pyridine rings is 1. The quantitative estimate of drug-likeness (QED) is 0.928. The Balaban J connectivity index is 2.21. The third kappa shape index (κ3) is 4.70. The molecule has 1 aromatic carbocycles. The van der Waals surface area contributed by atoms with Crippen LogP contribution in [0.3, 0.4) is 0 Å². The van der Waals surface area contributed by atoms with Crippen molar-refractivity contribution < 1.29 is 22.7 Å². The minimum absolute atomic E-state index is 0.0577. The number of halogens is 3. The van der Waals surface area contributed by atoms with E-state index in [4.69, 9.17) is 0 Å². The number of hydrogen-bond donors (Lipinski definition) is 1. The van der Waals surface area contributed by atoms with Gasteiger partial charge in [0.05, 0.1) is 0 Å². The van der Waals surface area contributed by atoms with Crippen molar-refractivity contribution in [2.45, 2.75) is 20.0 Å². The fraction of sp³-hybridized carbons (Fsp3) is 0.250. The van der Waals surface area contributed by atoms with Crippen LogP contribution in [0.4, 0.5) is 18.9 Å². The fourth-order valence-corrected chi connectivity index (χ4v) is 1.89. The molecule has 2 rings (SSSR count). The number of nitrogens with one attached hydrogen (secondary N) is 1. The largest absolute Gasteiger partial charge is 0.467 e. The molecule has 0 saturated carbocycles. The zero-order chi connectivity index (χ0) is 17.0. The number of carbonyl (C=O) groups excluding carboxylic acids is 1. The average molecular weight is 324 g/mol. The van der Waals surface area contributed by atoms with Gasteiger partial charge in [-0.05, 0) is 43.2 Å². The molecule has 2 aromatic rings. The van der Waals surface area contributed by atoms with E-state index < -0.39 is 18.7 Å². The molecule has 1 heterocycles. The first-order chi connectivity index (χ1) is 10.8. The highest BCUT2D eigenvalue weighted by atomic mass is 19.4. The topological polar surface area (TPSA) is 51.2 Å². The maximum atomic E-state index is 12.3. The summed E-state index contributed by atoms with van der Waals surface area (Å²) in [6, 6.07) is 8.33. The molecule has 1 amide bonds. The van der Waals surface area contributed by atoms with Gasteiger partial charge >= 0.3 is 6.18 Å². The van der Waals surface area contributed by atoms with Gasteiger partial charge in [0.2, 0.25) is 5.88 Å². The predicted molar refractivity (Wildman–Crippen MR) is 79.7 cm³/mol. The molecule has 0 radical (unpaired) electrons. The van der Waals surface area contributed by atoms with Gasteiger partial charge < -0.3 is 10.1 Å². The maximum Gasteiger partial charge on any atom is 0.422 e. The van der Waals surface area contributed by atoms with Crippen molar-refractivity contribution in [3.8, 4) is 5.88 Å². The second-order valence-corrected chi connectivity index (χ2v) is 5.03. The van der Waals surface area contributed by atoms with E-state index in [2.05, 4.69) is 15.0 Å². The summed E-state index contributed by atoms with van der Waals surface area (Å²) < 4.78 is 41.4. The fourth-order valence-electron chi connectivity index (χ4n) is 1.89. The van der Waals surface area contributed by atoms with E-state index in [1.807, 2.05) is 26.0 Å². The van der Waals surface area contributed by atoms with Crippen LogP contribution in [-0.2, 0) is 0 Å². The highest BCUT2D eigenvalue weighted by Gasteiger charge is 2.29. The molecule has 0 aliphatic carbocycles. The van der Waals surface area contributed by atoms with Crippen molar-refractivity contribution in [1.29, 1.82) is 0 Å². The third-order valence-corrected chi connectivity index (χ3v) is 3.03. The van der Waals surface area contributed by atoms with Gasteiger partial charge in [-0.3, -0.25) is 4.79 Å². The summed E-state index contributed by atoms with van der Waals surface area (Å²) in [7, 11) is 0. The predicted octanol–water partition coefficient (Wildman–Crippen LogP) is 3.89. The zero-order valence-electron chi connectivity index (χ0n) is 12.6. The van der Waals surface area contributed by atoms with Crippen LogP contribution < -0.4 is 10.1 Å². The Bertz CT molecular complexity index is 715. The molecular weight excluding hydrogens is 309 g/mol. The number of aromatic nitrogens is 1. The highest BCUT2D eigenvalue weighted by Crippen LogP contribution is 2.22. The molecule has 0 spiro atoms. The summed E-state index contributed by atoms with van der Waals surface area (Å²) in [5.41, 5.74) is 2.31. The second kappa shape index (κ2) is 6.68. The molecule has 0 aliphatic heterocycles. The van der Waals surface area contributed by atoms with Crippen LogP contribution in [0, 0.1) is 13.8 Å². The summed E-state index contributed by atoms with van der Waals surface area (Å²) in [5, 5.41) is 2.66. The molecule has 0 fully saturated rings. The Morgan fingerprint density at radius 1 is 1.26 bits per heavy atom. The van der Waals surface area contributed by atoms with E-state index in [1.54, 1.807) is 6.07 Å². The van der Waals surface area contributed by atoms with Crippen molar-refractivity contribution in [2.24, 2.45) is 0 Å². The van der Waals surface area contributed by atoms with Gasteiger partial charge in [-0.15, -0.1) is 0 Å². The number of amides is 1. The van der Waals surface area contributed by atoms with Gasteiger partial charge in [0.1, 0.15) is 5.56 Å². The van der Waals surface area contributed by atoms with Crippen molar-refractivity contribution >= 4 is 11.6 Å². The molecule has 7 heteroatoms. The van der Waals surface area contributed by atoms with Gasteiger partial charge in [0.25, 0.3) is 5.91 Å². The summed E-state index contributed by atoms with van der Waals surface area (Å²) >= 11 is 0. The third-order valence-electron chi connectivity index (χ3n) is 3.03. The molecule has 4 nitrogen and oxygen atoms in total. The molecule has 1 aromatic heterocycles. The van der Waals surface area contributed by atoms with E-state index in [0.29, 0.717) is 5.69 Å². The van der Waals surface area contributed by atoms with Crippen LogP contribution in [0.5, 0.6) is 5.88 Å². The van der Waals surface area contributed by atoms with E-state index in [-0.39, 0.29) is 11.4 Å². The molecule has 0 saturated heterocycles. The number of rotatable bonds is 4. The molecule has 0 bridgehead atoms. The van der Waals surface area contributed by atoms with E-state index in [0.717, 1.165) is 11.1 Å². The lowest BCUT2D eigenvalue weighted by Crippen LogP contribution is -2.22. The molecule has 122 valence electrons. The number of benzene rings is 1.